The second kappa shape index (κ2) is 14.9. The number of halogens is 7. The SMILES string of the molecule is CC(C)CC(NC(c1ccc2c(c1)oc1ccc(-c3cnn(C)c3)cc12)C(F)(F)F)C(=O)NC(C#N)CCCl.O=C(O)C(F)(F)F. The van der Waals surface area contributed by atoms with Crippen molar-refractivity contribution in [3.05, 3.63) is 54.4 Å². The summed E-state index contributed by atoms with van der Waals surface area (Å²) in [6.45, 7) is 3.62. The topological polar surface area (TPSA) is 133 Å². The molecule has 0 aliphatic carbocycles. The van der Waals surface area contributed by atoms with E-state index in [0.717, 1.165) is 16.5 Å². The van der Waals surface area contributed by atoms with Gasteiger partial charge in [0.25, 0.3) is 0 Å². The third-order valence-corrected chi connectivity index (χ3v) is 6.92. The third kappa shape index (κ3) is 9.37. The van der Waals surface area contributed by atoms with Gasteiger partial charge in [0.05, 0.1) is 18.3 Å². The Morgan fingerprint density at radius 1 is 1.07 bits per heavy atom. The van der Waals surface area contributed by atoms with Crippen molar-refractivity contribution < 1.29 is 45.5 Å². The van der Waals surface area contributed by atoms with Crippen molar-refractivity contribution in [2.45, 2.75) is 57.2 Å². The van der Waals surface area contributed by atoms with Crippen molar-refractivity contribution in [2.75, 3.05) is 5.88 Å². The van der Waals surface area contributed by atoms with Crippen LogP contribution in [0.15, 0.2) is 53.2 Å². The Morgan fingerprint density at radius 2 is 1.74 bits per heavy atom. The number of carboxylic acid groups (broad SMARTS) is 1. The Bertz CT molecular complexity index is 1710. The molecule has 4 rings (SSSR count). The molecule has 0 aliphatic rings. The number of fused-ring (bicyclic) bond motifs is 3. The zero-order valence-corrected chi connectivity index (χ0v) is 25.5. The number of hydrogen-bond acceptors (Lipinski definition) is 6. The first-order valence-electron chi connectivity index (χ1n) is 13.8. The zero-order valence-electron chi connectivity index (χ0n) is 24.7. The molecule has 0 saturated carbocycles. The highest BCUT2D eigenvalue weighted by Crippen LogP contribution is 2.38. The summed E-state index contributed by atoms with van der Waals surface area (Å²) in [5, 5.41) is 27.1. The number of carboxylic acids is 1. The molecular weight excluding hydrogens is 644 g/mol. The molecule has 16 heteroatoms. The standard InChI is InChI=1S/C28H29ClF3N5O2.C2HF3O2/c1-16(2)10-23(27(38)35-20(13-33)8-9-29)36-26(28(30,31)32)18-4-6-21-22-11-17(19-14-34-37(3)15-19)5-7-24(22)39-25(21)12-18;3-2(4,5)1(6)7/h4-7,11-12,14-16,20,23,26,36H,8-10H2,1-3H3,(H,35,38);(H,6,7). The number of amides is 1. The normalized spacial score (nSPS) is 14.0. The molecule has 2 aromatic carbocycles. The number of nitrogens with one attached hydrogen (secondary N) is 2. The molecule has 9 nitrogen and oxygen atoms in total. The van der Waals surface area contributed by atoms with E-state index in [4.69, 9.17) is 25.9 Å². The van der Waals surface area contributed by atoms with E-state index in [1.165, 1.54) is 12.1 Å². The number of carbonyl (C=O) groups excluding carboxylic acids is 1. The van der Waals surface area contributed by atoms with Crippen molar-refractivity contribution in [3.8, 4) is 17.2 Å². The number of nitrogens with zero attached hydrogens (tertiary/aromatic N) is 3. The minimum atomic E-state index is -5.08. The first kappa shape index (κ1) is 36.2. The summed E-state index contributed by atoms with van der Waals surface area (Å²) in [6, 6.07) is 7.66. The number of hydrogen-bond donors (Lipinski definition) is 3. The molecule has 3 N–H and O–H groups in total. The lowest BCUT2D eigenvalue weighted by molar-refractivity contribution is -0.192. The van der Waals surface area contributed by atoms with Gasteiger partial charge in [-0.3, -0.25) is 14.8 Å². The van der Waals surface area contributed by atoms with Crippen molar-refractivity contribution in [2.24, 2.45) is 13.0 Å². The van der Waals surface area contributed by atoms with Crippen molar-refractivity contribution in [3.63, 3.8) is 0 Å². The van der Waals surface area contributed by atoms with Crippen LogP contribution in [0.3, 0.4) is 0 Å². The Morgan fingerprint density at radius 3 is 2.26 bits per heavy atom. The minimum absolute atomic E-state index is 0.0810. The number of aliphatic carboxylic acids is 1. The summed E-state index contributed by atoms with van der Waals surface area (Å²) in [6.07, 6.45) is -5.85. The number of alkyl halides is 7. The van der Waals surface area contributed by atoms with E-state index >= 15 is 0 Å². The summed E-state index contributed by atoms with van der Waals surface area (Å²) in [7, 11) is 1.82. The van der Waals surface area contributed by atoms with Crippen LogP contribution < -0.4 is 10.6 Å². The molecule has 3 unspecified atom stereocenters. The molecule has 46 heavy (non-hydrogen) atoms. The number of nitriles is 1. The van der Waals surface area contributed by atoms with E-state index in [2.05, 4.69) is 15.7 Å². The zero-order chi connectivity index (χ0) is 34.4. The molecule has 0 bridgehead atoms. The summed E-state index contributed by atoms with van der Waals surface area (Å²) in [5.41, 5.74) is 2.58. The van der Waals surface area contributed by atoms with Crippen molar-refractivity contribution >= 4 is 45.4 Å². The van der Waals surface area contributed by atoms with E-state index < -0.39 is 42.4 Å². The van der Waals surface area contributed by atoms with Gasteiger partial charge in [0.1, 0.15) is 23.2 Å². The summed E-state index contributed by atoms with van der Waals surface area (Å²) < 4.78 is 82.4. The van der Waals surface area contributed by atoms with Gasteiger partial charge in [-0.05, 0) is 48.1 Å². The first-order chi connectivity index (χ1) is 21.4. The van der Waals surface area contributed by atoms with Crippen molar-refractivity contribution in [1.82, 2.24) is 20.4 Å². The van der Waals surface area contributed by atoms with Crippen LogP contribution >= 0.6 is 11.6 Å². The van der Waals surface area contributed by atoms with Crippen LogP contribution in [-0.4, -0.2) is 57.1 Å². The van der Waals surface area contributed by atoms with Crippen LogP contribution in [0.25, 0.3) is 33.1 Å². The Hall–Kier alpha value is -4.29. The first-order valence-corrected chi connectivity index (χ1v) is 14.3. The fourth-order valence-corrected chi connectivity index (χ4v) is 4.79. The maximum atomic E-state index is 14.4. The second-order valence-corrected chi connectivity index (χ2v) is 11.1. The maximum absolute atomic E-state index is 14.4. The minimum Gasteiger partial charge on any atom is -0.475 e. The van der Waals surface area contributed by atoms with Gasteiger partial charge in [-0.2, -0.15) is 36.7 Å². The number of carbonyl (C=O) groups is 2. The van der Waals surface area contributed by atoms with Crippen LogP contribution in [0.5, 0.6) is 0 Å². The van der Waals surface area contributed by atoms with Crippen LogP contribution in [-0.2, 0) is 16.6 Å². The second-order valence-electron chi connectivity index (χ2n) is 10.8. The van der Waals surface area contributed by atoms with Gasteiger partial charge in [0.2, 0.25) is 5.91 Å². The molecule has 2 heterocycles. The fourth-order valence-electron chi connectivity index (χ4n) is 4.58. The van der Waals surface area contributed by atoms with Crippen molar-refractivity contribution in [1.29, 1.82) is 5.26 Å². The number of aromatic nitrogens is 2. The largest absolute Gasteiger partial charge is 0.490 e. The predicted molar refractivity (Wildman–Crippen MR) is 158 cm³/mol. The number of furan rings is 1. The highest BCUT2D eigenvalue weighted by atomic mass is 35.5. The van der Waals surface area contributed by atoms with E-state index in [1.807, 2.05) is 45.3 Å². The number of aryl methyl sites for hydroxylation is 1. The number of benzene rings is 2. The fraction of sp³-hybridized carbons (Fsp3) is 0.400. The highest BCUT2D eigenvalue weighted by molar-refractivity contribution is 6.17. The highest BCUT2D eigenvalue weighted by Gasteiger charge is 2.43. The van der Waals surface area contributed by atoms with Crippen LogP contribution in [0.4, 0.5) is 26.3 Å². The van der Waals surface area contributed by atoms with E-state index in [-0.39, 0.29) is 30.2 Å². The Balaban J connectivity index is 0.000000738. The smallest absolute Gasteiger partial charge is 0.475 e. The third-order valence-electron chi connectivity index (χ3n) is 6.70. The molecule has 0 fully saturated rings. The average molecular weight is 674 g/mol. The molecule has 248 valence electrons. The monoisotopic (exact) mass is 673 g/mol. The molecule has 0 saturated heterocycles. The Kier molecular flexibility index (Phi) is 11.7. The van der Waals surface area contributed by atoms with Gasteiger partial charge in [0.15, 0.2) is 0 Å². The quantitative estimate of drug-likeness (QED) is 0.124. The summed E-state index contributed by atoms with van der Waals surface area (Å²) in [4.78, 5) is 21.8. The molecule has 4 aromatic rings. The van der Waals surface area contributed by atoms with Crippen LogP contribution in [0.1, 0.15) is 38.3 Å². The molecule has 0 radical (unpaired) electrons. The van der Waals surface area contributed by atoms with Gasteiger partial charge < -0.3 is 14.8 Å². The van der Waals surface area contributed by atoms with Gasteiger partial charge in [0, 0.05) is 35.5 Å². The van der Waals surface area contributed by atoms with Gasteiger partial charge in [-0.25, -0.2) is 4.79 Å². The van der Waals surface area contributed by atoms with Gasteiger partial charge in [-0.15, -0.1) is 11.6 Å². The lowest BCUT2D eigenvalue weighted by Crippen LogP contribution is -2.51. The van der Waals surface area contributed by atoms with Crippen LogP contribution in [0.2, 0.25) is 0 Å². The Labute approximate surface area is 264 Å². The maximum Gasteiger partial charge on any atom is 0.490 e. The number of rotatable bonds is 10. The molecule has 0 spiro atoms. The lowest BCUT2D eigenvalue weighted by Gasteiger charge is -2.29. The van der Waals surface area contributed by atoms with E-state index in [9.17, 15) is 36.4 Å². The molecule has 0 aliphatic heterocycles. The van der Waals surface area contributed by atoms with Gasteiger partial charge in [-0.1, -0.05) is 32.0 Å². The predicted octanol–water partition coefficient (Wildman–Crippen LogP) is 6.86. The van der Waals surface area contributed by atoms with E-state index in [0.29, 0.717) is 16.6 Å². The molecule has 2 aromatic heterocycles. The summed E-state index contributed by atoms with van der Waals surface area (Å²) in [5.74, 6) is -3.38. The molecule has 1 amide bonds. The summed E-state index contributed by atoms with van der Waals surface area (Å²) >= 11 is 5.68. The van der Waals surface area contributed by atoms with Gasteiger partial charge >= 0.3 is 18.3 Å². The molecular formula is C30H30ClF6N5O4. The molecule has 3 atom stereocenters. The lowest BCUT2D eigenvalue weighted by atomic mass is 9.98. The van der Waals surface area contributed by atoms with Crippen LogP contribution in [0, 0.1) is 17.2 Å². The van der Waals surface area contributed by atoms with E-state index in [1.54, 1.807) is 23.0 Å². The average Bonchev–Trinajstić information content (AvgIpc) is 3.56.